The van der Waals surface area contributed by atoms with Crippen molar-refractivity contribution in [1.82, 2.24) is 0 Å². The van der Waals surface area contributed by atoms with E-state index >= 15 is 0 Å². The number of rotatable bonds is 7. The lowest BCUT2D eigenvalue weighted by Gasteiger charge is -2.09. The molecule has 0 saturated carbocycles. The Balaban J connectivity index is 0.00000134. The molecule has 0 fully saturated rings. The van der Waals surface area contributed by atoms with Crippen LogP contribution < -0.4 is 4.74 Å². The molecule has 0 aliphatic rings. The van der Waals surface area contributed by atoms with Crippen LogP contribution in [0, 0.1) is 0 Å². The smallest absolute Gasteiger partial charge is 0.119 e. The van der Waals surface area contributed by atoms with Gasteiger partial charge in [0.1, 0.15) is 12.4 Å². The molecule has 0 unspecified atom stereocenters. The third kappa shape index (κ3) is 9.93. The van der Waals surface area contributed by atoms with Crippen LogP contribution in [-0.2, 0) is 24.4 Å². The summed E-state index contributed by atoms with van der Waals surface area (Å²) in [5, 5.41) is 0. The van der Waals surface area contributed by atoms with Gasteiger partial charge >= 0.3 is 0 Å². The lowest BCUT2D eigenvalue weighted by atomic mass is 10.1. The molecule has 0 atom stereocenters. The maximum absolute atomic E-state index is 5.81. The average Bonchev–Trinajstić information content (AvgIpc) is 2.69. The average molecular weight is 345 g/mol. The van der Waals surface area contributed by atoms with E-state index < -0.39 is 0 Å². The second-order valence-electron chi connectivity index (χ2n) is 5.46. The van der Waals surface area contributed by atoms with Crippen LogP contribution in [0.4, 0.5) is 0 Å². The van der Waals surface area contributed by atoms with Gasteiger partial charge in [0.25, 0.3) is 0 Å². The van der Waals surface area contributed by atoms with Gasteiger partial charge in [-0.2, -0.15) is 0 Å². The van der Waals surface area contributed by atoms with Crippen LogP contribution in [-0.4, -0.2) is 6.10 Å². The Kier molecular flexibility index (Phi) is 13.5. The first-order chi connectivity index (χ1) is 12.2. The summed E-state index contributed by atoms with van der Waals surface area (Å²) in [4.78, 5) is 0. The number of hydrogen-bond donors (Lipinski definition) is 0. The van der Waals surface area contributed by atoms with Gasteiger partial charge < -0.3 is 9.47 Å². The first-order valence-corrected chi connectivity index (χ1v) is 9.58. The van der Waals surface area contributed by atoms with Gasteiger partial charge in [-0.05, 0) is 49.1 Å². The van der Waals surface area contributed by atoms with Gasteiger partial charge in [-0.3, -0.25) is 0 Å². The van der Waals surface area contributed by atoms with E-state index in [4.69, 9.17) is 9.47 Å². The zero-order valence-electron chi connectivity index (χ0n) is 17.1. The Morgan fingerprint density at radius 2 is 1.12 bits per heavy atom. The van der Waals surface area contributed by atoms with Crippen molar-refractivity contribution in [2.24, 2.45) is 0 Å². The molecule has 0 saturated heterocycles. The fraction of sp³-hybridized carbons (Fsp3) is 0.478. The Morgan fingerprint density at radius 1 is 0.680 bits per heavy atom. The van der Waals surface area contributed by atoms with Crippen LogP contribution in [0.15, 0.2) is 48.5 Å². The van der Waals surface area contributed by atoms with Crippen molar-refractivity contribution in [3.63, 3.8) is 0 Å². The van der Waals surface area contributed by atoms with E-state index in [1.54, 1.807) is 0 Å². The van der Waals surface area contributed by atoms with Gasteiger partial charge in [0.05, 0.1) is 12.7 Å². The van der Waals surface area contributed by atoms with Crippen molar-refractivity contribution in [2.45, 2.75) is 74.2 Å². The van der Waals surface area contributed by atoms with E-state index in [9.17, 15) is 0 Å². The van der Waals surface area contributed by atoms with E-state index in [-0.39, 0.29) is 6.10 Å². The molecule has 0 N–H and O–H groups in total. The summed E-state index contributed by atoms with van der Waals surface area (Å²) in [6, 6.07) is 16.7. The molecule has 0 aliphatic heterocycles. The Bertz CT molecular complexity index is 527. The summed E-state index contributed by atoms with van der Waals surface area (Å²) in [7, 11) is 0. The molecule has 2 nitrogen and oxygen atoms in total. The molecule has 0 aliphatic carbocycles. The lowest BCUT2D eigenvalue weighted by molar-refractivity contribution is 0.0657. The van der Waals surface area contributed by atoms with Crippen LogP contribution in [0.25, 0.3) is 0 Å². The zero-order valence-corrected chi connectivity index (χ0v) is 17.1. The SMILES string of the molecule is CC.CC.CCc1ccc(COc2ccc(COC(C)C)cc2)cc1. The highest BCUT2D eigenvalue weighted by molar-refractivity contribution is 5.28. The van der Waals surface area contributed by atoms with Gasteiger partial charge in [-0.1, -0.05) is 71.0 Å². The van der Waals surface area contributed by atoms with Crippen molar-refractivity contribution >= 4 is 0 Å². The zero-order chi connectivity index (χ0) is 19.1. The van der Waals surface area contributed by atoms with Gasteiger partial charge in [0.2, 0.25) is 0 Å². The molecule has 25 heavy (non-hydrogen) atoms. The topological polar surface area (TPSA) is 18.5 Å². The highest BCUT2D eigenvalue weighted by Crippen LogP contribution is 2.15. The van der Waals surface area contributed by atoms with Crippen molar-refractivity contribution < 1.29 is 9.47 Å². The van der Waals surface area contributed by atoms with Crippen molar-refractivity contribution in [2.75, 3.05) is 0 Å². The highest BCUT2D eigenvalue weighted by atomic mass is 16.5. The quantitative estimate of drug-likeness (QED) is 0.549. The minimum atomic E-state index is 0.256. The Hall–Kier alpha value is -1.80. The molecule has 2 rings (SSSR count). The second-order valence-corrected chi connectivity index (χ2v) is 5.46. The molecule has 0 amide bonds. The van der Waals surface area contributed by atoms with Crippen LogP contribution in [0.1, 0.15) is 65.2 Å². The summed E-state index contributed by atoms with van der Waals surface area (Å²) in [5.41, 5.74) is 3.72. The third-order valence-corrected chi connectivity index (χ3v) is 3.34. The van der Waals surface area contributed by atoms with Crippen LogP contribution in [0.3, 0.4) is 0 Å². The monoisotopic (exact) mass is 344 g/mol. The van der Waals surface area contributed by atoms with E-state index in [1.165, 1.54) is 16.7 Å². The molecule has 0 heterocycles. The normalized spacial score (nSPS) is 9.60. The van der Waals surface area contributed by atoms with E-state index in [2.05, 4.69) is 43.3 Å². The first kappa shape index (κ1) is 23.2. The van der Waals surface area contributed by atoms with Gasteiger partial charge in [-0.25, -0.2) is 0 Å². The van der Waals surface area contributed by atoms with Gasteiger partial charge in [-0.15, -0.1) is 0 Å². The molecule has 0 aromatic heterocycles. The minimum absolute atomic E-state index is 0.256. The lowest BCUT2D eigenvalue weighted by Crippen LogP contribution is -2.02. The summed E-state index contributed by atoms with van der Waals surface area (Å²) in [6.07, 6.45) is 1.33. The van der Waals surface area contributed by atoms with Crippen LogP contribution >= 0.6 is 0 Å². The third-order valence-electron chi connectivity index (χ3n) is 3.34. The molecule has 140 valence electrons. The summed E-state index contributed by atoms with van der Waals surface area (Å²) < 4.78 is 11.4. The van der Waals surface area contributed by atoms with Crippen molar-refractivity contribution in [3.8, 4) is 5.75 Å². The number of aryl methyl sites for hydroxylation is 1. The molecule has 0 bridgehead atoms. The van der Waals surface area contributed by atoms with Crippen molar-refractivity contribution in [1.29, 1.82) is 0 Å². The fourth-order valence-corrected chi connectivity index (χ4v) is 1.98. The predicted molar refractivity (Wildman–Crippen MR) is 109 cm³/mol. The van der Waals surface area contributed by atoms with E-state index in [1.807, 2.05) is 53.7 Å². The fourth-order valence-electron chi connectivity index (χ4n) is 1.98. The largest absolute Gasteiger partial charge is 0.489 e. The Labute approximate surface area is 155 Å². The molecule has 0 radical (unpaired) electrons. The number of hydrogen-bond acceptors (Lipinski definition) is 2. The molecule has 2 heteroatoms. The minimum Gasteiger partial charge on any atom is -0.489 e. The maximum Gasteiger partial charge on any atom is 0.119 e. The highest BCUT2D eigenvalue weighted by Gasteiger charge is 1.99. The predicted octanol–water partition coefficient (Wildman–Crippen LogP) is 6.81. The summed E-state index contributed by atoms with van der Waals surface area (Å²) >= 11 is 0. The molecule has 2 aromatic rings. The van der Waals surface area contributed by atoms with Crippen LogP contribution in [0.2, 0.25) is 0 Å². The number of ether oxygens (including phenoxy) is 2. The van der Waals surface area contributed by atoms with E-state index in [0.717, 1.165) is 12.2 Å². The van der Waals surface area contributed by atoms with Gasteiger partial charge in [0, 0.05) is 0 Å². The second kappa shape index (κ2) is 14.5. The van der Waals surface area contributed by atoms with Crippen molar-refractivity contribution in [3.05, 3.63) is 65.2 Å². The standard InChI is InChI=1S/C19H24O2.2C2H6/c1-4-16-5-7-17(8-6-16)14-21-19-11-9-18(10-12-19)13-20-15(2)3;2*1-2/h5-12,15H,4,13-14H2,1-3H3;2*1-2H3. The van der Waals surface area contributed by atoms with Gasteiger partial charge in [0.15, 0.2) is 0 Å². The van der Waals surface area contributed by atoms with E-state index in [0.29, 0.717) is 13.2 Å². The molecular formula is C23H36O2. The first-order valence-electron chi connectivity index (χ1n) is 9.58. The Morgan fingerprint density at radius 3 is 1.60 bits per heavy atom. The molecule has 2 aromatic carbocycles. The summed E-state index contributed by atoms with van der Waals surface area (Å²) in [5.74, 6) is 0.892. The van der Waals surface area contributed by atoms with Crippen LogP contribution in [0.5, 0.6) is 5.75 Å². The molecule has 0 spiro atoms. The number of benzene rings is 2. The molecular weight excluding hydrogens is 308 g/mol. The maximum atomic E-state index is 5.81. The summed E-state index contributed by atoms with van der Waals surface area (Å²) in [6.45, 7) is 15.5.